The average Bonchev–Trinajstić information content (AvgIpc) is 2.41. The minimum atomic E-state index is -1.04. The zero-order chi connectivity index (χ0) is 13.8. The molecule has 0 radical (unpaired) electrons. The first-order valence-electron chi connectivity index (χ1n) is 5.68. The van der Waals surface area contributed by atoms with Crippen LogP contribution in [0.15, 0.2) is 24.5 Å². The lowest BCUT2D eigenvalue weighted by Gasteiger charge is -2.10. The van der Waals surface area contributed by atoms with Crippen molar-refractivity contribution in [2.45, 2.75) is 13.8 Å². The molecule has 6 nitrogen and oxygen atoms in total. The van der Waals surface area contributed by atoms with Crippen LogP contribution in [0.5, 0.6) is 5.88 Å². The number of ether oxygens (including phenoxy) is 1. The van der Waals surface area contributed by atoms with Gasteiger partial charge in [-0.3, -0.25) is 4.98 Å². The van der Waals surface area contributed by atoms with E-state index in [1.807, 2.05) is 6.92 Å². The molecule has 2 rings (SSSR count). The van der Waals surface area contributed by atoms with Gasteiger partial charge in [-0.2, -0.15) is 4.98 Å². The van der Waals surface area contributed by atoms with Crippen LogP contribution >= 0.6 is 0 Å². The molecule has 0 aliphatic carbocycles. The summed E-state index contributed by atoms with van der Waals surface area (Å²) in [6, 6.07) is 3.57. The highest BCUT2D eigenvalue weighted by atomic mass is 16.5. The summed E-state index contributed by atoms with van der Waals surface area (Å²) in [4.78, 5) is 23.1. The summed E-state index contributed by atoms with van der Waals surface area (Å²) < 4.78 is 5.17. The van der Waals surface area contributed by atoms with Gasteiger partial charge < -0.3 is 9.84 Å². The van der Waals surface area contributed by atoms with Crippen LogP contribution < -0.4 is 4.74 Å². The van der Waals surface area contributed by atoms with Gasteiger partial charge in [0.1, 0.15) is 0 Å². The Bertz CT molecular complexity index is 600. The molecule has 0 aliphatic heterocycles. The molecule has 0 aromatic carbocycles. The molecule has 19 heavy (non-hydrogen) atoms. The van der Waals surface area contributed by atoms with E-state index in [4.69, 9.17) is 9.84 Å². The molecule has 98 valence electrons. The Morgan fingerprint density at radius 3 is 2.58 bits per heavy atom. The lowest BCUT2D eigenvalue weighted by molar-refractivity contribution is -0.139. The van der Waals surface area contributed by atoms with E-state index in [0.29, 0.717) is 11.7 Å². The zero-order valence-electron chi connectivity index (χ0n) is 10.6. The third-order valence-corrected chi connectivity index (χ3v) is 2.62. The number of aromatic nitrogens is 3. The molecule has 2 heterocycles. The van der Waals surface area contributed by atoms with Gasteiger partial charge in [-0.25, -0.2) is 9.78 Å². The molecule has 0 amide bonds. The fourth-order valence-corrected chi connectivity index (χ4v) is 1.50. The quantitative estimate of drug-likeness (QED) is 0.898. The van der Waals surface area contributed by atoms with E-state index >= 15 is 0 Å². The second kappa shape index (κ2) is 5.43. The van der Waals surface area contributed by atoms with E-state index in [1.54, 1.807) is 31.5 Å². The predicted octanol–water partition coefficient (Wildman–Crippen LogP) is 1.62. The number of aliphatic carboxylic acids is 1. The topological polar surface area (TPSA) is 85.2 Å². The molecule has 0 aliphatic rings. The summed E-state index contributed by atoms with van der Waals surface area (Å²) in [6.07, 6.45) is 3.29. The number of hydrogen-bond acceptors (Lipinski definition) is 5. The molecule has 0 atom stereocenters. The van der Waals surface area contributed by atoms with Crippen LogP contribution in [0, 0.1) is 13.8 Å². The highest BCUT2D eigenvalue weighted by Crippen LogP contribution is 2.22. The minimum absolute atomic E-state index is 0.293. The van der Waals surface area contributed by atoms with Crippen LogP contribution in [-0.4, -0.2) is 32.6 Å². The summed E-state index contributed by atoms with van der Waals surface area (Å²) in [5.74, 6) is -0.256. The van der Waals surface area contributed by atoms with Gasteiger partial charge in [0, 0.05) is 29.2 Å². The Morgan fingerprint density at radius 1 is 1.26 bits per heavy atom. The molecule has 2 aromatic rings. The van der Waals surface area contributed by atoms with Crippen LogP contribution in [0.25, 0.3) is 11.4 Å². The van der Waals surface area contributed by atoms with Crippen molar-refractivity contribution in [2.75, 3.05) is 6.61 Å². The molecule has 0 unspecified atom stereocenters. The molecule has 2 aromatic heterocycles. The molecule has 0 saturated heterocycles. The fourth-order valence-electron chi connectivity index (χ4n) is 1.50. The number of aryl methyl sites for hydroxylation is 1. The average molecular weight is 259 g/mol. The van der Waals surface area contributed by atoms with E-state index in [0.717, 1.165) is 16.8 Å². The van der Waals surface area contributed by atoms with Crippen molar-refractivity contribution in [2.24, 2.45) is 0 Å². The number of pyridine rings is 1. The van der Waals surface area contributed by atoms with Crippen molar-refractivity contribution in [3.63, 3.8) is 0 Å². The first-order chi connectivity index (χ1) is 9.08. The summed E-state index contributed by atoms with van der Waals surface area (Å²) in [7, 11) is 0. The number of hydrogen-bond donors (Lipinski definition) is 1. The predicted molar refractivity (Wildman–Crippen MR) is 67.9 cm³/mol. The highest BCUT2D eigenvalue weighted by Gasteiger charge is 2.11. The van der Waals surface area contributed by atoms with Crippen molar-refractivity contribution in [1.82, 2.24) is 15.0 Å². The van der Waals surface area contributed by atoms with E-state index in [-0.39, 0.29) is 0 Å². The molecular weight excluding hydrogens is 246 g/mol. The lowest BCUT2D eigenvalue weighted by Crippen LogP contribution is -2.12. The van der Waals surface area contributed by atoms with E-state index < -0.39 is 12.6 Å². The van der Waals surface area contributed by atoms with Gasteiger partial charge in [-0.15, -0.1) is 0 Å². The summed E-state index contributed by atoms with van der Waals surface area (Å²) in [6.45, 7) is 3.20. The van der Waals surface area contributed by atoms with Crippen molar-refractivity contribution >= 4 is 5.97 Å². The SMILES string of the molecule is Cc1nc(-c2ccncc2)nc(OCC(=O)O)c1C. The third-order valence-electron chi connectivity index (χ3n) is 2.62. The van der Waals surface area contributed by atoms with E-state index in [9.17, 15) is 4.79 Å². The Kier molecular flexibility index (Phi) is 3.70. The molecular formula is C13H13N3O3. The number of carbonyl (C=O) groups is 1. The van der Waals surface area contributed by atoms with Crippen LogP contribution in [-0.2, 0) is 4.79 Å². The Labute approximate surface area is 110 Å². The summed E-state index contributed by atoms with van der Waals surface area (Å²) >= 11 is 0. The summed E-state index contributed by atoms with van der Waals surface area (Å²) in [5, 5.41) is 8.64. The highest BCUT2D eigenvalue weighted by molar-refractivity contribution is 5.68. The molecule has 0 fully saturated rings. The van der Waals surface area contributed by atoms with Gasteiger partial charge in [0.15, 0.2) is 12.4 Å². The lowest BCUT2D eigenvalue weighted by atomic mass is 10.2. The van der Waals surface area contributed by atoms with Gasteiger partial charge in [0.25, 0.3) is 0 Å². The van der Waals surface area contributed by atoms with Crippen molar-refractivity contribution < 1.29 is 14.6 Å². The molecule has 0 spiro atoms. The smallest absolute Gasteiger partial charge is 0.341 e. The van der Waals surface area contributed by atoms with Crippen LogP contribution in [0.4, 0.5) is 0 Å². The largest absolute Gasteiger partial charge is 0.479 e. The van der Waals surface area contributed by atoms with Crippen LogP contribution in [0.2, 0.25) is 0 Å². The van der Waals surface area contributed by atoms with E-state index in [2.05, 4.69) is 15.0 Å². The molecule has 1 N–H and O–H groups in total. The number of rotatable bonds is 4. The second-order valence-corrected chi connectivity index (χ2v) is 3.98. The number of carboxylic acids is 1. The van der Waals surface area contributed by atoms with Crippen molar-refractivity contribution in [3.05, 3.63) is 35.8 Å². The van der Waals surface area contributed by atoms with Gasteiger partial charge in [0.2, 0.25) is 5.88 Å². The molecule has 0 bridgehead atoms. The van der Waals surface area contributed by atoms with Crippen molar-refractivity contribution in [3.8, 4) is 17.3 Å². The maximum atomic E-state index is 10.5. The Morgan fingerprint density at radius 2 is 1.95 bits per heavy atom. The van der Waals surface area contributed by atoms with Gasteiger partial charge >= 0.3 is 5.97 Å². The molecule has 0 saturated carbocycles. The standard InChI is InChI=1S/C13H13N3O3/c1-8-9(2)15-12(10-3-5-14-6-4-10)16-13(8)19-7-11(17)18/h3-6H,7H2,1-2H3,(H,17,18). The Balaban J connectivity index is 2.39. The number of carboxylic acid groups (broad SMARTS) is 1. The van der Waals surface area contributed by atoms with E-state index in [1.165, 1.54) is 0 Å². The van der Waals surface area contributed by atoms with Gasteiger partial charge in [-0.1, -0.05) is 0 Å². The number of nitrogens with zero attached hydrogens (tertiary/aromatic N) is 3. The molecule has 6 heteroatoms. The fraction of sp³-hybridized carbons (Fsp3) is 0.231. The first-order valence-corrected chi connectivity index (χ1v) is 5.68. The van der Waals surface area contributed by atoms with Crippen molar-refractivity contribution in [1.29, 1.82) is 0 Å². The van der Waals surface area contributed by atoms with Crippen LogP contribution in [0.1, 0.15) is 11.3 Å². The minimum Gasteiger partial charge on any atom is -0.479 e. The maximum absolute atomic E-state index is 10.5. The second-order valence-electron chi connectivity index (χ2n) is 3.98. The summed E-state index contributed by atoms with van der Waals surface area (Å²) in [5.41, 5.74) is 2.29. The normalized spacial score (nSPS) is 10.2. The zero-order valence-corrected chi connectivity index (χ0v) is 10.6. The van der Waals surface area contributed by atoms with Gasteiger partial charge in [0.05, 0.1) is 0 Å². The van der Waals surface area contributed by atoms with Gasteiger partial charge in [-0.05, 0) is 26.0 Å². The van der Waals surface area contributed by atoms with Crippen LogP contribution in [0.3, 0.4) is 0 Å². The first kappa shape index (κ1) is 12.9. The third kappa shape index (κ3) is 3.04. The monoisotopic (exact) mass is 259 g/mol. The maximum Gasteiger partial charge on any atom is 0.341 e. The Hall–Kier alpha value is -2.50.